The summed E-state index contributed by atoms with van der Waals surface area (Å²) in [5, 5.41) is 0. The van der Waals surface area contributed by atoms with Crippen molar-refractivity contribution in [3.63, 3.8) is 0 Å². The zero-order valence-electron chi connectivity index (χ0n) is 12.5. The zero-order valence-corrected chi connectivity index (χ0v) is 12.5. The van der Waals surface area contributed by atoms with Crippen molar-refractivity contribution in [2.45, 2.75) is 97.5 Å². The van der Waals surface area contributed by atoms with Crippen LogP contribution in [0.15, 0.2) is 0 Å². The van der Waals surface area contributed by atoms with Gasteiger partial charge in [-0.3, -0.25) is 0 Å². The van der Waals surface area contributed by atoms with Crippen LogP contribution in [-0.4, -0.2) is 12.7 Å². The van der Waals surface area contributed by atoms with Crippen molar-refractivity contribution >= 4 is 0 Å². The lowest BCUT2D eigenvalue weighted by Gasteiger charge is -2.14. The molecule has 0 aliphatic rings. The van der Waals surface area contributed by atoms with Gasteiger partial charge in [0.1, 0.15) is 0 Å². The lowest BCUT2D eigenvalue weighted by molar-refractivity contribution is 0.0419. The Morgan fingerprint density at radius 3 is 1.82 bits per heavy atom. The van der Waals surface area contributed by atoms with Crippen molar-refractivity contribution in [3.05, 3.63) is 0 Å². The van der Waals surface area contributed by atoms with Crippen molar-refractivity contribution in [2.24, 2.45) is 0 Å². The molecule has 0 heterocycles. The van der Waals surface area contributed by atoms with E-state index in [1.54, 1.807) is 0 Å². The monoisotopic (exact) mass is 242 g/mol. The normalized spacial score (nSPS) is 12.9. The van der Waals surface area contributed by atoms with E-state index in [2.05, 4.69) is 20.8 Å². The molecule has 1 unspecified atom stereocenters. The number of rotatable bonds is 13. The Balaban J connectivity index is 3.11. The summed E-state index contributed by atoms with van der Waals surface area (Å²) in [4.78, 5) is 0. The van der Waals surface area contributed by atoms with Crippen LogP contribution in [0.25, 0.3) is 0 Å². The fourth-order valence-corrected chi connectivity index (χ4v) is 2.21. The van der Waals surface area contributed by atoms with Crippen molar-refractivity contribution in [1.29, 1.82) is 0 Å². The molecule has 0 N–H and O–H groups in total. The van der Waals surface area contributed by atoms with Gasteiger partial charge in [0.05, 0.1) is 6.10 Å². The van der Waals surface area contributed by atoms with Crippen molar-refractivity contribution < 1.29 is 4.74 Å². The summed E-state index contributed by atoms with van der Waals surface area (Å²) >= 11 is 0. The number of ether oxygens (including phenoxy) is 1. The Hall–Kier alpha value is -0.0400. The first-order valence-electron chi connectivity index (χ1n) is 7.96. The molecule has 1 nitrogen and oxygen atoms in total. The molecular formula is C16H34O. The maximum absolute atomic E-state index is 5.88. The Labute approximate surface area is 109 Å². The lowest BCUT2D eigenvalue weighted by Crippen LogP contribution is -2.12. The minimum Gasteiger partial charge on any atom is -0.378 e. The third-order valence-electron chi connectivity index (χ3n) is 3.42. The van der Waals surface area contributed by atoms with Gasteiger partial charge in [-0.1, -0.05) is 72.1 Å². The van der Waals surface area contributed by atoms with Crippen LogP contribution >= 0.6 is 0 Å². The topological polar surface area (TPSA) is 9.23 Å². The molecule has 0 saturated heterocycles. The first-order chi connectivity index (χ1) is 8.35. The van der Waals surface area contributed by atoms with Crippen LogP contribution in [0.1, 0.15) is 91.4 Å². The third-order valence-corrected chi connectivity index (χ3v) is 3.42. The summed E-state index contributed by atoms with van der Waals surface area (Å²) in [6, 6.07) is 0. The standard InChI is InChI=1S/C16H34O/c1-4-7-8-9-10-11-12-13-15-17-16(6-3)14-5-2/h16H,4-15H2,1-3H3. The highest BCUT2D eigenvalue weighted by atomic mass is 16.5. The van der Waals surface area contributed by atoms with Crippen molar-refractivity contribution in [3.8, 4) is 0 Å². The Kier molecular flexibility index (Phi) is 14.0. The van der Waals surface area contributed by atoms with E-state index in [9.17, 15) is 0 Å². The van der Waals surface area contributed by atoms with Gasteiger partial charge < -0.3 is 4.74 Å². The minimum absolute atomic E-state index is 0.518. The van der Waals surface area contributed by atoms with Gasteiger partial charge in [-0.25, -0.2) is 0 Å². The molecule has 0 fully saturated rings. The van der Waals surface area contributed by atoms with E-state index in [0.717, 1.165) is 6.61 Å². The first-order valence-corrected chi connectivity index (χ1v) is 7.96. The summed E-state index contributed by atoms with van der Waals surface area (Å²) in [5.41, 5.74) is 0. The fourth-order valence-electron chi connectivity index (χ4n) is 2.21. The van der Waals surface area contributed by atoms with E-state index in [1.165, 1.54) is 70.6 Å². The summed E-state index contributed by atoms with van der Waals surface area (Å²) in [6.45, 7) is 7.72. The van der Waals surface area contributed by atoms with Gasteiger partial charge in [-0.2, -0.15) is 0 Å². The summed E-state index contributed by atoms with van der Waals surface area (Å²) in [6.07, 6.45) is 15.2. The van der Waals surface area contributed by atoms with E-state index < -0.39 is 0 Å². The Bertz CT molecular complexity index is 133. The summed E-state index contributed by atoms with van der Waals surface area (Å²) in [7, 11) is 0. The molecule has 1 atom stereocenters. The molecule has 0 aromatic carbocycles. The van der Waals surface area contributed by atoms with E-state index in [1.807, 2.05) is 0 Å². The molecule has 0 aliphatic carbocycles. The van der Waals surface area contributed by atoms with Gasteiger partial charge >= 0.3 is 0 Å². The molecular weight excluding hydrogens is 208 g/mol. The number of hydrogen-bond donors (Lipinski definition) is 0. The SMILES string of the molecule is CCCCCCCCCCOC(CC)CCC. The quantitative estimate of drug-likeness (QED) is 0.375. The smallest absolute Gasteiger partial charge is 0.0572 e. The first kappa shape index (κ1) is 17.0. The number of unbranched alkanes of at least 4 members (excludes halogenated alkanes) is 7. The van der Waals surface area contributed by atoms with Crippen LogP contribution in [0.2, 0.25) is 0 Å². The van der Waals surface area contributed by atoms with E-state index in [-0.39, 0.29) is 0 Å². The largest absolute Gasteiger partial charge is 0.378 e. The second-order valence-corrected chi connectivity index (χ2v) is 5.16. The van der Waals surface area contributed by atoms with Crippen LogP contribution in [0.4, 0.5) is 0 Å². The van der Waals surface area contributed by atoms with Crippen LogP contribution in [0, 0.1) is 0 Å². The fraction of sp³-hybridized carbons (Fsp3) is 1.00. The molecule has 0 aromatic rings. The predicted molar refractivity (Wildman–Crippen MR) is 77.5 cm³/mol. The highest BCUT2D eigenvalue weighted by Crippen LogP contribution is 2.10. The van der Waals surface area contributed by atoms with Crippen LogP contribution < -0.4 is 0 Å². The molecule has 0 rings (SSSR count). The van der Waals surface area contributed by atoms with Gasteiger partial charge in [0.15, 0.2) is 0 Å². The number of hydrogen-bond acceptors (Lipinski definition) is 1. The average molecular weight is 242 g/mol. The van der Waals surface area contributed by atoms with E-state index in [4.69, 9.17) is 4.74 Å². The molecule has 0 amide bonds. The molecule has 0 aliphatic heterocycles. The van der Waals surface area contributed by atoms with Crippen LogP contribution in [0.5, 0.6) is 0 Å². The Morgan fingerprint density at radius 2 is 1.29 bits per heavy atom. The van der Waals surface area contributed by atoms with Crippen LogP contribution in [0.3, 0.4) is 0 Å². The second kappa shape index (κ2) is 14.0. The minimum atomic E-state index is 0.518. The predicted octanol–water partition coefficient (Wildman–Crippen LogP) is 5.72. The van der Waals surface area contributed by atoms with E-state index >= 15 is 0 Å². The maximum atomic E-state index is 5.88. The van der Waals surface area contributed by atoms with E-state index in [0.29, 0.717) is 6.10 Å². The highest BCUT2D eigenvalue weighted by Gasteiger charge is 2.03. The Morgan fingerprint density at radius 1 is 0.706 bits per heavy atom. The summed E-state index contributed by atoms with van der Waals surface area (Å²) < 4.78 is 5.88. The molecule has 0 spiro atoms. The molecule has 0 radical (unpaired) electrons. The van der Waals surface area contributed by atoms with Crippen molar-refractivity contribution in [2.75, 3.05) is 6.61 Å². The lowest BCUT2D eigenvalue weighted by atomic mass is 10.1. The third kappa shape index (κ3) is 12.2. The molecule has 104 valence electrons. The second-order valence-electron chi connectivity index (χ2n) is 5.16. The van der Waals surface area contributed by atoms with Gasteiger partial charge in [-0.15, -0.1) is 0 Å². The molecule has 0 bridgehead atoms. The average Bonchev–Trinajstić information content (AvgIpc) is 2.35. The molecule has 0 aromatic heterocycles. The van der Waals surface area contributed by atoms with Gasteiger partial charge in [0, 0.05) is 6.61 Å². The van der Waals surface area contributed by atoms with Gasteiger partial charge in [0.25, 0.3) is 0 Å². The van der Waals surface area contributed by atoms with Gasteiger partial charge in [0.2, 0.25) is 0 Å². The zero-order chi connectivity index (χ0) is 12.8. The molecule has 0 saturated carbocycles. The highest BCUT2D eigenvalue weighted by molar-refractivity contribution is 4.54. The summed E-state index contributed by atoms with van der Waals surface area (Å²) in [5.74, 6) is 0. The van der Waals surface area contributed by atoms with Crippen LogP contribution in [-0.2, 0) is 4.74 Å². The maximum Gasteiger partial charge on any atom is 0.0572 e. The molecule has 17 heavy (non-hydrogen) atoms. The van der Waals surface area contributed by atoms with Gasteiger partial charge in [-0.05, 0) is 19.3 Å². The molecule has 1 heteroatoms. The van der Waals surface area contributed by atoms with Crippen molar-refractivity contribution in [1.82, 2.24) is 0 Å².